The Bertz CT molecular complexity index is 393. The van der Waals surface area contributed by atoms with E-state index in [1.165, 1.54) is 12.3 Å². The number of guanidine groups is 1. The van der Waals surface area contributed by atoms with Crippen LogP contribution in [0.25, 0.3) is 0 Å². The topological polar surface area (TPSA) is 63.7 Å². The third kappa shape index (κ3) is 4.37. The number of morpholine rings is 1. The molecule has 1 aromatic heterocycles. The molecule has 1 fully saturated rings. The summed E-state index contributed by atoms with van der Waals surface area (Å²) in [6, 6.07) is 2.97. The smallest absolute Gasteiger partial charge is 0.191 e. The van der Waals surface area contributed by atoms with E-state index in [9.17, 15) is 4.39 Å². The Morgan fingerprint density at radius 3 is 2.78 bits per heavy atom. The van der Waals surface area contributed by atoms with Crippen LogP contribution in [-0.4, -0.2) is 42.1 Å². The van der Waals surface area contributed by atoms with Crippen molar-refractivity contribution in [3.05, 3.63) is 29.8 Å². The number of pyridine rings is 1. The molecule has 18 heavy (non-hydrogen) atoms. The molecule has 0 atom stereocenters. The highest BCUT2D eigenvalue weighted by atomic mass is 127. The average molecular weight is 366 g/mol. The summed E-state index contributed by atoms with van der Waals surface area (Å²) in [5.41, 5.74) is 6.54. The number of nitrogens with two attached hydrogens (primary N) is 1. The third-order valence-corrected chi connectivity index (χ3v) is 2.53. The largest absolute Gasteiger partial charge is 0.378 e. The highest BCUT2D eigenvalue weighted by Crippen LogP contribution is 2.01. The van der Waals surface area contributed by atoms with Crippen LogP contribution in [0.1, 0.15) is 5.69 Å². The zero-order valence-electron chi connectivity index (χ0n) is 9.88. The fourth-order valence-corrected chi connectivity index (χ4v) is 1.55. The minimum atomic E-state index is -0.348. The first-order valence-corrected chi connectivity index (χ1v) is 5.49. The molecule has 0 radical (unpaired) electrons. The molecule has 1 saturated heterocycles. The molecule has 2 heterocycles. The van der Waals surface area contributed by atoms with Gasteiger partial charge in [0.25, 0.3) is 0 Å². The van der Waals surface area contributed by atoms with Crippen LogP contribution in [0.2, 0.25) is 0 Å². The molecule has 5 nitrogen and oxygen atoms in total. The highest BCUT2D eigenvalue weighted by Gasteiger charge is 2.11. The van der Waals surface area contributed by atoms with E-state index in [4.69, 9.17) is 10.5 Å². The van der Waals surface area contributed by atoms with Crippen molar-refractivity contribution in [2.75, 3.05) is 26.3 Å². The Kier molecular flexibility index (Phi) is 6.27. The summed E-state index contributed by atoms with van der Waals surface area (Å²) < 4.78 is 17.9. The number of halogens is 2. The van der Waals surface area contributed by atoms with E-state index in [2.05, 4.69) is 9.98 Å². The normalized spacial score (nSPS) is 16.3. The van der Waals surface area contributed by atoms with Crippen LogP contribution in [0.15, 0.2) is 23.3 Å². The van der Waals surface area contributed by atoms with Gasteiger partial charge in [-0.2, -0.15) is 0 Å². The summed E-state index contributed by atoms with van der Waals surface area (Å²) in [6.07, 6.45) is 1.18. The molecule has 0 spiro atoms. The fourth-order valence-electron chi connectivity index (χ4n) is 1.55. The van der Waals surface area contributed by atoms with Crippen molar-refractivity contribution >= 4 is 29.9 Å². The summed E-state index contributed by atoms with van der Waals surface area (Å²) in [7, 11) is 0. The monoisotopic (exact) mass is 366 g/mol. The first kappa shape index (κ1) is 15.1. The van der Waals surface area contributed by atoms with E-state index in [1.807, 2.05) is 4.90 Å². The number of nitrogens with zero attached hydrogens (tertiary/aromatic N) is 3. The minimum absolute atomic E-state index is 0. The van der Waals surface area contributed by atoms with Crippen LogP contribution in [0.3, 0.4) is 0 Å². The van der Waals surface area contributed by atoms with Crippen LogP contribution < -0.4 is 5.73 Å². The summed E-state index contributed by atoms with van der Waals surface area (Å²) >= 11 is 0. The van der Waals surface area contributed by atoms with Crippen molar-refractivity contribution in [1.82, 2.24) is 9.88 Å². The maximum absolute atomic E-state index is 12.6. The van der Waals surface area contributed by atoms with E-state index in [0.717, 1.165) is 13.1 Å². The van der Waals surface area contributed by atoms with Crippen molar-refractivity contribution < 1.29 is 9.13 Å². The van der Waals surface area contributed by atoms with E-state index < -0.39 is 0 Å². The molecule has 7 heteroatoms. The van der Waals surface area contributed by atoms with Crippen LogP contribution in [0.4, 0.5) is 4.39 Å². The number of aromatic nitrogens is 1. The van der Waals surface area contributed by atoms with E-state index in [1.54, 1.807) is 6.07 Å². The Morgan fingerprint density at radius 1 is 1.44 bits per heavy atom. The summed E-state index contributed by atoms with van der Waals surface area (Å²) in [5.74, 6) is 0.137. The van der Waals surface area contributed by atoms with Gasteiger partial charge in [-0.15, -0.1) is 24.0 Å². The second kappa shape index (κ2) is 7.47. The van der Waals surface area contributed by atoms with Gasteiger partial charge in [0.05, 0.1) is 31.6 Å². The molecule has 2 N–H and O–H groups in total. The number of hydrogen-bond acceptors (Lipinski definition) is 3. The molecule has 0 saturated carbocycles. The lowest BCUT2D eigenvalue weighted by molar-refractivity contribution is 0.0674. The number of ether oxygens (including phenoxy) is 1. The quantitative estimate of drug-likeness (QED) is 0.482. The molecule has 0 bridgehead atoms. The Hall–Kier alpha value is -0.960. The van der Waals surface area contributed by atoms with Gasteiger partial charge in [0.15, 0.2) is 5.96 Å². The Labute approximate surface area is 122 Å². The lowest BCUT2D eigenvalue weighted by atomic mass is 10.3. The fraction of sp³-hybridized carbons (Fsp3) is 0.455. The lowest BCUT2D eigenvalue weighted by Gasteiger charge is -2.27. The molecule has 0 aliphatic carbocycles. The molecule has 0 amide bonds. The lowest BCUT2D eigenvalue weighted by Crippen LogP contribution is -2.44. The molecule has 2 rings (SSSR count). The number of hydrogen-bond donors (Lipinski definition) is 1. The predicted octanol–water partition coefficient (Wildman–Crippen LogP) is 0.986. The second-order valence-corrected chi connectivity index (χ2v) is 3.74. The molecule has 1 aromatic rings. The van der Waals surface area contributed by atoms with E-state index in [0.29, 0.717) is 31.4 Å². The van der Waals surface area contributed by atoms with Crippen molar-refractivity contribution in [3.63, 3.8) is 0 Å². The van der Waals surface area contributed by atoms with E-state index in [-0.39, 0.29) is 29.8 Å². The van der Waals surface area contributed by atoms with Crippen LogP contribution in [-0.2, 0) is 11.3 Å². The third-order valence-electron chi connectivity index (χ3n) is 2.53. The van der Waals surface area contributed by atoms with Gasteiger partial charge in [-0.25, -0.2) is 9.38 Å². The van der Waals surface area contributed by atoms with E-state index >= 15 is 0 Å². The molecular weight excluding hydrogens is 350 g/mol. The van der Waals surface area contributed by atoms with Crippen molar-refractivity contribution in [3.8, 4) is 0 Å². The molecular formula is C11H16FIN4O. The van der Waals surface area contributed by atoms with Gasteiger partial charge in [0.2, 0.25) is 0 Å². The van der Waals surface area contributed by atoms with Gasteiger partial charge in [-0.05, 0) is 12.1 Å². The minimum Gasteiger partial charge on any atom is -0.378 e. The first-order valence-electron chi connectivity index (χ1n) is 5.49. The van der Waals surface area contributed by atoms with Crippen molar-refractivity contribution in [2.45, 2.75) is 6.54 Å². The summed E-state index contributed by atoms with van der Waals surface area (Å²) in [6.45, 7) is 3.22. The second-order valence-electron chi connectivity index (χ2n) is 3.74. The van der Waals surface area contributed by atoms with Crippen molar-refractivity contribution in [1.29, 1.82) is 0 Å². The number of aliphatic imine (C=N–C) groups is 1. The molecule has 1 aliphatic heterocycles. The summed E-state index contributed by atoms with van der Waals surface area (Å²) in [4.78, 5) is 10.1. The van der Waals surface area contributed by atoms with Crippen LogP contribution in [0, 0.1) is 5.82 Å². The Balaban J connectivity index is 0.00000162. The Morgan fingerprint density at radius 2 is 2.17 bits per heavy atom. The standard InChI is InChI=1S/C11H15FN4O.HI/c12-9-1-2-10(14-7-9)8-15-11(13)16-3-5-17-6-4-16;/h1-2,7H,3-6,8H2,(H2,13,15);1H. The SMILES string of the molecule is I.NC(=NCc1ccc(F)cn1)N1CCOCC1. The van der Waals surface area contributed by atoms with Gasteiger partial charge in [0, 0.05) is 13.1 Å². The molecule has 0 unspecified atom stereocenters. The van der Waals surface area contributed by atoms with Gasteiger partial charge >= 0.3 is 0 Å². The van der Waals surface area contributed by atoms with Crippen LogP contribution in [0.5, 0.6) is 0 Å². The zero-order valence-corrected chi connectivity index (χ0v) is 12.2. The van der Waals surface area contributed by atoms with Gasteiger partial charge in [0.1, 0.15) is 5.82 Å². The van der Waals surface area contributed by atoms with Crippen LogP contribution >= 0.6 is 24.0 Å². The number of rotatable bonds is 2. The van der Waals surface area contributed by atoms with Crippen molar-refractivity contribution in [2.24, 2.45) is 10.7 Å². The summed E-state index contributed by atoms with van der Waals surface area (Å²) in [5, 5.41) is 0. The maximum atomic E-state index is 12.6. The van der Waals surface area contributed by atoms with Gasteiger partial charge < -0.3 is 15.4 Å². The first-order chi connectivity index (χ1) is 8.25. The molecule has 100 valence electrons. The van der Waals surface area contributed by atoms with Gasteiger partial charge in [-0.1, -0.05) is 0 Å². The molecule has 0 aromatic carbocycles. The van der Waals surface area contributed by atoms with Gasteiger partial charge in [-0.3, -0.25) is 4.98 Å². The zero-order chi connectivity index (χ0) is 12.1. The highest BCUT2D eigenvalue weighted by molar-refractivity contribution is 14.0. The molecule has 1 aliphatic rings. The predicted molar refractivity (Wildman–Crippen MR) is 77.3 cm³/mol. The maximum Gasteiger partial charge on any atom is 0.191 e. The average Bonchev–Trinajstić information content (AvgIpc) is 2.39.